The molecule has 22 heavy (non-hydrogen) atoms. The maximum absolute atomic E-state index is 12.3. The molecule has 0 bridgehead atoms. The molecule has 0 aliphatic carbocycles. The van der Waals surface area contributed by atoms with E-state index in [0.29, 0.717) is 5.75 Å². The van der Waals surface area contributed by atoms with E-state index in [9.17, 15) is 4.79 Å². The lowest BCUT2D eigenvalue weighted by Crippen LogP contribution is -2.29. The van der Waals surface area contributed by atoms with Crippen molar-refractivity contribution in [1.29, 1.82) is 0 Å². The fraction of sp³-hybridized carbons (Fsp3) is 0.105. The summed E-state index contributed by atoms with van der Waals surface area (Å²) in [5, 5.41) is 2.17. The third kappa shape index (κ3) is 2.93. The van der Waals surface area contributed by atoms with Gasteiger partial charge in [-0.3, -0.25) is 4.90 Å². The summed E-state index contributed by atoms with van der Waals surface area (Å²) in [5.74, 6) is 0.545. The third-order valence-electron chi connectivity index (χ3n) is 3.59. The number of rotatable bonds is 2. The zero-order valence-electron chi connectivity index (χ0n) is 12.6. The lowest BCUT2D eigenvalue weighted by atomic mass is 10.1. The predicted octanol–water partition coefficient (Wildman–Crippen LogP) is 4.78. The topological polar surface area (TPSA) is 29.5 Å². The number of fused-ring (bicyclic) bond motifs is 1. The number of hydrogen-bond donors (Lipinski definition) is 0. The van der Waals surface area contributed by atoms with Crippen LogP contribution in [0.2, 0.25) is 0 Å². The number of aryl methyl sites for hydroxylation is 1. The highest BCUT2D eigenvalue weighted by molar-refractivity contribution is 5.90. The van der Waals surface area contributed by atoms with Crippen molar-refractivity contribution in [2.45, 2.75) is 6.92 Å². The molecule has 3 aromatic rings. The van der Waals surface area contributed by atoms with Crippen LogP contribution in [0.5, 0.6) is 5.75 Å². The first kappa shape index (κ1) is 14.1. The summed E-state index contributed by atoms with van der Waals surface area (Å²) < 4.78 is 5.47. The molecule has 0 radical (unpaired) electrons. The Bertz CT molecular complexity index is 826. The molecule has 0 N–H and O–H groups in total. The highest BCUT2D eigenvalue weighted by Gasteiger charge is 2.13. The average Bonchev–Trinajstić information content (AvgIpc) is 2.54. The predicted molar refractivity (Wildman–Crippen MR) is 89.6 cm³/mol. The number of benzene rings is 3. The van der Waals surface area contributed by atoms with Crippen LogP contribution in [-0.4, -0.2) is 13.1 Å². The standard InChI is InChI=1S/C19H17NO2/c1-14-6-5-9-17(12-14)20(2)19(21)22-18-11-10-15-7-3-4-8-16(15)13-18/h3-13H,1-2H3. The van der Waals surface area contributed by atoms with Crippen LogP contribution in [0.15, 0.2) is 66.7 Å². The molecule has 3 nitrogen and oxygen atoms in total. The molecule has 0 saturated heterocycles. The van der Waals surface area contributed by atoms with Gasteiger partial charge in [0.05, 0.1) is 0 Å². The fourth-order valence-corrected chi connectivity index (χ4v) is 2.34. The molecule has 0 heterocycles. The van der Waals surface area contributed by atoms with Crippen LogP contribution >= 0.6 is 0 Å². The number of hydrogen-bond acceptors (Lipinski definition) is 2. The minimum absolute atomic E-state index is 0.402. The summed E-state index contributed by atoms with van der Waals surface area (Å²) >= 11 is 0. The van der Waals surface area contributed by atoms with Crippen LogP contribution < -0.4 is 9.64 Å². The summed E-state index contributed by atoms with van der Waals surface area (Å²) in [6, 6.07) is 21.3. The van der Waals surface area contributed by atoms with Crippen molar-refractivity contribution < 1.29 is 9.53 Å². The molecule has 0 aliphatic rings. The SMILES string of the molecule is Cc1cccc(N(C)C(=O)Oc2ccc3ccccc3c2)c1. The van der Waals surface area contributed by atoms with Crippen molar-refractivity contribution in [1.82, 2.24) is 0 Å². The summed E-state index contributed by atoms with van der Waals surface area (Å²) in [5.41, 5.74) is 1.91. The van der Waals surface area contributed by atoms with E-state index < -0.39 is 6.09 Å². The lowest BCUT2D eigenvalue weighted by Gasteiger charge is -2.17. The average molecular weight is 291 g/mol. The number of carbonyl (C=O) groups excluding carboxylic acids is 1. The molecular formula is C19H17NO2. The van der Waals surface area contributed by atoms with Gasteiger partial charge in [0, 0.05) is 12.7 Å². The number of nitrogens with zero attached hydrogens (tertiary/aromatic N) is 1. The molecule has 0 spiro atoms. The Morgan fingerprint density at radius 2 is 1.68 bits per heavy atom. The summed E-state index contributed by atoms with van der Waals surface area (Å²) in [7, 11) is 1.71. The molecule has 0 aromatic heterocycles. The van der Waals surface area contributed by atoms with Gasteiger partial charge in [-0.1, -0.05) is 42.5 Å². The minimum atomic E-state index is -0.402. The maximum Gasteiger partial charge on any atom is 0.419 e. The van der Waals surface area contributed by atoms with Gasteiger partial charge in [-0.15, -0.1) is 0 Å². The minimum Gasteiger partial charge on any atom is -0.410 e. The van der Waals surface area contributed by atoms with Crippen LogP contribution in [-0.2, 0) is 0 Å². The third-order valence-corrected chi connectivity index (χ3v) is 3.59. The Morgan fingerprint density at radius 1 is 0.909 bits per heavy atom. The molecule has 0 saturated carbocycles. The highest BCUT2D eigenvalue weighted by atomic mass is 16.6. The molecule has 0 atom stereocenters. The molecule has 3 aromatic carbocycles. The van der Waals surface area contributed by atoms with E-state index in [4.69, 9.17) is 4.74 Å². The van der Waals surface area contributed by atoms with Crippen LogP contribution in [0.1, 0.15) is 5.56 Å². The number of ether oxygens (including phenoxy) is 1. The Kier molecular flexibility index (Phi) is 3.79. The van der Waals surface area contributed by atoms with Crippen LogP contribution in [0.3, 0.4) is 0 Å². The first-order valence-electron chi connectivity index (χ1n) is 7.14. The van der Waals surface area contributed by atoms with E-state index in [-0.39, 0.29) is 0 Å². The van der Waals surface area contributed by atoms with Gasteiger partial charge in [0.2, 0.25) is 0 Å². The van der Waals surface area contributed by atoms with Gasteiger partial charge in [0.1, 0.15) is 5.75 Å². The van der Waals surface area contributed by atoms with Crippen molar-refractivity contribution in [3.05, 3.63) is 72.3 Å². The van der Waals surface area contributed by atoms with Crippen molar-refractivity contribution in [2.75, 3.05) is 11.9 Å². The first-order valence-corrected chi connectivity index (χ1v) is 7.14. The van der Waals surface area contributed by atoms with Crippen molar-refractivity contribution in [3.8, 4) is 5.75 Å². The fourth-order valence-electron chi connectivity index (χ4n) is 2.34. The van der Waals surface area contributed by atoms with E-state index in [1.54, 1.807) is 7.05 Å². The van der Waals surface area contributed by atoms with E-state index in [1.807, 2.05) is 73.7 Å². The van der Waals surface area contributed by atoms with E-state index in [1.165, 1.54) is 4.90 Å². The molecule has 110 valence electrons. The molecule has 3 heteroatoms. The van der Waals surface area contributed by atoms with Crippen LogP contribution in [0.25, 0.3) is 10.8 Å². The summed E-state index contributed by atoms with van der Waals surface area (Å²) in [6.07, 6.45) is -0.402. The zero-order valence-corrected chi connectivity index (χ0v) is 12.6. The van der Waals surface area contributed by atoms with Gasteiger partial charge in [-0.05, 0) is 47.5 Å². The molecule has 1 amide bonds. The van der Waals surface area contributed by atoms with Gasteiger partial charge < -0.3 is 4.74 Å². The summed E-state index contributed by atoms with van der Waals surface area (Å²) in [4.78, 5) is 13.8. The molecule has 0 fully saturated rings. The van der Waals surface area contributed by atoms with Gasteiger partial charge >= 0.3 is 6.09 Å². The second kappa shape index (κ2) is 5.90. The monoisotopic (exact) mass is 291 g/mol. The smallest absolute Gasteiger partial charge is 0.410 e. The number of carbonyl (C=O) groups is 1. The van der Waals surface area contributed by atoms with Gasteiger partial charge in [0.25, 0.3) is 0 Å². The Labute approximate surface area is 129 Å². The quantitative estimate of drug-likeness (QED) is 0.679. The largest absolute Gasteiger partial charge is 0.419 e. The zero-order chi connectivity index (χ0) is 15.5. The molecule has 3 rings (SSSR count). The van der Waals surface area contributed by atoms with Crippen LogP contribution in [0.4, 0.5) is 10.5 Å². The number of amides is 1. The second-order valence-corrected chi connectivity index (χ2v) is 5.27. The van der Waals surface area contributed by atoms with Crippen molar-refractivity contribution in [3.63, 3.8) is 0 Å². The van der Waals surface area contributed by atoms with E-state index in [0.717, 1.165) is 22.0 Å². The van der Waals surface area contributed by atoms with Crippen LogP contribution in [0, 0.1) is 6.92 Å². The van der Waals surface area contributed by atoms with Gasteiger partial charge in [-0.2, -0.15) is 0 Å². The molecular weight excluding hydrogens is 274 g/mol. The summed E-state index contributed by atoms with van der Waals surface area (Å²) in [6.45, 7) is 1.99. The van der Waals surface area contributed by atoms with Crippen molar-refractivity contribution in [2.24, 2.45) is 0 Å². The van der Waals surface area contributed by atoms with Gasteiger partial charge in [0.15, 0.2) is 0 Å². The first-order chi connectivity index (χ1) is 10.6. The second-order valence-electron chi connectivity index (χ2n) is 5.27. The van der Waals surface area contributed by atoms with E-state index >= 15 is 0 Å². The van der Waals surface area contributed by atoms with E-state index in [2.05, 4.69) is 0 Å². The Morgan fingerprint density at radius 3 is 2.45 bits per heavy atom. The molecule has 0 unspecified atom stereocenters. The van der Waals surface area contributed by atoms with Crippen molar-refractivity contribution >= 4 is 22.6 Å². The normalized spacial score (nSPS) is 10.5. The Hall–Kier alpha value is -2.81. The maximum atomic E-state index is 12.3. The Balaban J connectivity index is 1.80. The highest BCUT2D eigenvalue weighted by Crippen LogP contribution is 2.22. The number of anilines is 1. The molecule has 0 aliphatic heterocycles. The van der Waals surface area contributed by atoms with Gasteiger partial charge in [-0.25, -0.2) is 4.79 Å². The lowest BCUT2D eigenvalue weighted by molar-refractivity contribution is 0.209.